The van der Waals surface area contributed by atoms with Crippen molar-refractivity contribution in [3.05, 3.63) is 65.1 Å². The van der Waals surface area contributed by atoms with E-state index in [1.807, 2.05) is 37.3 Å². The number of carboxylic acid groups (broad SMARTS) is 1. The van der Waals surface area contributed by atoms with Gasteiger partial charge in [0.05, 0.1) is 6.54 Å². The molecule has 0 saturated carbocycles. The Kier molecular flexibility index (Phi) is 8.43. The molecular weight excluding hydrogens is 517 g/mol. The molecule has 2 N–H and O–H groups in total. The Balaban J connectivity index is 0.000000429. The van der Waals surface area contributed by atoms with Gasteiger partial charge in [-0.15, -0.1) is 0 Å². The number of nitrogens with zero attached hydrogens (tertiary/aromatic N) is 2. The van der Waals surface area contributed by atoms with E-state index in [0.29, 0.717) is 25.2 Å². The zero-order valence-electron chi connectivity index (χ0n) is 18.8. The average Bonchev–Trinajstić information content (AvgIpc) is 3.12. The van der Waals surface area contributed by atoms with E-state index < -0.39 is 9.76 Å². The zero-order valence-corrected chi connectivity index (χ0v) is 21.1. The van der Waals surface area contributed by atoms with Crippen molar-refractivity contribution in [2.45, 2.75) is 30.1 Å². The molecule has 2 amide bonds. The number of likely N-dealkylation sites (N-methyl/N-ethyl adjacent to an activating group) is 1. The van der Waals surface area contributed by atoms with Gasteiger partial charge in [-0.2, -0.15) is 0 Å². The maximum Gasteiger partial charge on any atom is 0.356 e. The first-order valence-corrected chi connectivity index (χ1v) is 11.6. The second-order valence-electron chi connectivity index (χ2n) is 7.80. The van der Waals surface area contributed by atoms with Gasteiger partial charge >= 0.3 is 5.97 Å². The van der Waals surface area contributed by atoms with Crippen LogP contribution in [0.4, 0.5) is 5.82 Å². The highest BCUT2D eigenvalue weighted by Crippen LogP contribution is 2.26. The van der Waals surface area contributed by atoms with Crippen molar-refractivity contribution in [1.29, 1.82) is 0 Å². The van der Waals surface area contributed by atoms with Gasteiger partial charge in [0.15, 0.2) is 0 Å². The predicted octanol–water partition coefficient (Wildman–Crippen LogP) is 5.13. The van der Waals surface area contributed by atoms with Crippen molar-refractivity contribution >= 4 is 75.4 Å². The number of aryl methyl sites for hydroxylation is 2. The molecule has 2 aromatic heterocycles. The first-order valence-electron chi connectivity index (χ1n) is 10.4. The van der Waals surface area contributed by atoms with Crippen LogP contribution in [-0.2, 0) is 27.3 Å². The molecule has 0 radical (unpaired) electrons. The molecular formula is C24H22Cl3N3O5. The Labute approximate surface area is 216 Å². The lowest BCUT2D eigenvalue weighted by Gasteiger charge is -2.16. The second-order valence-corrected chi connectivity index (χ2v) is 10.1. The molecule has 3 aromatic rings. The summed E-state index contributed by atoms with van der Waals surface area (Å²) in [6.45, 7) is 2.41. The monoisotopic (exact) mass is 537 g/mol. The van der Waals surface area contributed by atoms with Crippen molar-refractivity contribution < 1.29 is 23.9 Å². The number of amides is 2. The molecule has 0 spiro atoms. The molecule has 0 atom stereocenters. The highest BCUT2D eigenvalue weighted by Gasteiger charge is 2.29. The minimum absolute atomic E-state index is 0.0130. The van der Waals surface area contributed by atoms with Gasteiger partial charge in [0.2, 0.25) is 11.8 Å². The lowest BCUT2D eigenvalue weighted by atomic mass is 10.0. The first kappa shape index (κ1) is 26.5. The van der Waals surface area contributed by atoms with E-state index in [4.69, 9.17) is 44.3 Å². The van der Waals surface area contributed by atoms with E-state index in [0.717, 1.165) is 33.4 Å². The van der Waals surface area contributed by atoms with E-state index in [1.165, 1.54) is 6.08 Å². The Morgan fingerprint density at radius 3 is 2.60 bits per heavy atom. The lowest BCUT2D eigenvalue weighted by Crippen LogP contribution is -2.24. The molecule has 1 aliphatic heterocycles. The number of pyridine rings is 1. The fourth-order valence-electron chi connectivity index (χ4n) is 3.33. The number of fused-ring (bicyclic) bond motifs is 2. The molecule has 3 heterocycles. The van der Waals surface area contributed by atoms with Gasteiger partial charge in [-0.3, -0.25) is 9.59 Å². The SMILES string of the molecule is Cc1c(CN(C)C(=O)/C=C/c2cnc3c(c2)CCC(=O)N3)oc2ccccc12.O=C(O)C(Cl)(Cl)Cl. The highest BCUT2D eigenvalue weighted by molar-refractivity contribution is 6.75. The molecule has 8 nitrogen and oxygen atoms in total. The normalized spacial score (nSPS) is 13.1. The van der Waals surface area contributed by atoms with Crippen LogP contribution in [0.15, 0.2) is 47.0 Å². The molecule has 0 bridgehead atoms. The Bertz CT molecular complexity index is 1300. The van der Waals surface area contributed by atoms with E-state index in [1.54, 1.807) is 24.2 Å². The highest BCUT2D eigenvalue weighted by atomic mass is 35.6. The van der Waals surface area contributed by atoms with Gasteiger partial charge in [0.25, 0.3) is 3.79 Å². The summed E-state index contributed by atoms with van der Waals surface area (Å²) in [5, 5.41) is 11.7. The maximum atomic E-state index is 12.5. The van der Waals surface area contributed by atoms with E-state index in [9.17, 15) is 14.4 Å². The quantitative estimate of drug-likeness (QED) is 0.352. The summed E-state index contributed by atoms with van der Waals surface area (Å²) in [6.07, 6.45) is 6.05. The first-order chi connectivity index (χ1) is 16.5. The third-order valence-electron chi connectivity index (χ3n) is 5.23. The second kappa shape index (κ2) is 11.1. The lowest BCUT2D eigenvalue weighted by molar-refractivity contribution is -0.136. The number of para-hydroxylation sites is 1. The molecule has 0 unspecified atom stereocenters. The van der Waals surface area contributed by atoms with Crippen LogP contribution in [0.5, 0.6) is 0 Å². The molecule has 0 saturated heterocycles. The van der Waals surface area contributed by atoms with Crippen LogP contribution in [0.3, 0.4) is 0 Å². The smallest absolute Gasteiger partial charge is 0.356 e. The molecule has 4 rings (SSSR count). The molecule has 1 aromatic carbocycles. The van der Waals surface area contributed by atoms with Gasteiger partial charge in [-0.05, 0) is 42.7 Å². The molecule has 11 heteroatoms. The van der Waals surface area contributed by atoms with Crippen molar-refractivity contribution in [3.63, 3.8) is 0 Å². The summed E-state index contributed by atoms with van der Waals surface area (Å²) in [6, 6.07) is 9.81. The number of carbonyl (C=O) groups is 3. The maximum absolute atomic E-state index is 12.5. The number of furan rings is 1. The summed E-state index contributed by atoms with van der Waals surface area (Å²) in [4.78, 5) is 39.4. The van der Waals surface area contributed by atoms with Gasteiger partial charge < -0.3 is 19.7 Å². The van der Waals surface area contributed by atoms with E-state index >= 15 is 0 Å². The number of aromatic nitrogens is 1. The number of anilines is 1. The summed E-state index contributed by atoms with van der Waals surface area (Å²) in [7, 11) is 1.75. The fourth-order valence-corrected chi connectivity index (χ4v) is 3.33. The van der Waals surface area contributed by atoms with Crippen molar-refractivity contribution in [3.8, 4) is 0 Å². The summed E-state index contributed by atoms with van der Waals surface area (Å²) in [5.41, 5.74) is 3.70. The van der Waals surface area contributed by atoms with Gasteiger partial charge in [-0.1, -0.05) is 53.0 Å². The standard InChI is InChI=1S/C22H21N3O3.C2HCl3O2/c1-14-17-5-3-4-6-18(17)28-19(14)13-25(2)21(27)10-7-15-11-16-8-9-20(26)24-22(16)23-12-15;3-2(4,5)1(6)7/h3-7,10-12H,8-9,13H2,1-2H3,(H,23,24,26);(H,6,7)/b10-7+;. The number of hydrogen-bond donors (Lipinski definition) is 2. The topological polar surface area (TPSA) is 113 Å². The Morgan fingerprint density at radius 1 is 1.26 bits per heavy atom. The number of benzene rings is 1. The summed E-state index contributed by atoms with van der Waals surface area (Å²) in [5.74, 6) is -0.196. The number of alkyl halides is 3. The fraction of sp³-hybridized carbons (Fsp3) is 0.250. The number of halogens is 3. The van der Waals surface area contributed by atoms with Gasteiger partial charge in [-0.25, -0.2) is 9.78 Å². The number of rotatable bonds is 4. The molecule has 0 aliphatic carbocycles. The van der Waals surface area contributed by atoms with Crippen molar-refractivity contribution in [1.82, 2.24) is 9.88 Å². The third-order valence-corrected chi connectivity index (χ3v) is 5.71. The molecule has 184 valence electrons. The Morgan fingerprint density at radius 2 is 1.94 bits per heavy atom. The zero-order chi connectivity index (χ0) is 25.8. The minimum Gasteiger partial charge on any atom is -0.478 e. The number of nitrogens with one attached hydrogen (secondary N) is 1. The minimum atomic E-state index is -2.17. The van der Waals surface area contributed by atoms with Crippen LogP contribution in [-0.4, -0.2) is 43.6 Å². The van der Waals surface area contributed by atoms with Crippen molar-refractivity contribution in [2.24, 2.45) is 0 Å². The van der Waals surface area contributed by atoms with Crippen LogP contribution >= 0.6 is 34.8 Å². The summed E-state index contributed by atoms with van der Waals surface area (Å²) < 4.78 is 3.72. The molecule has 1 aliphatic rings. The molecule has 0 fully saturated rings. The van der Waals surface area contributed by atoms with Crippen LogP contribution in [0.1, 0.15) is 28.9 Å². The third kappa shape index (κ3) is 6.97. The Hall–Kier alpha value is -3.07. The van der Waals surface area contributed by atoms with Crippen LogP contribution in [0, 0.1) is 6.92 Å². The van der Waals surface area contributed by atoms with Gasteiger partial charge in [0.1, 0.15) is 17.2 Å². The summed E-state index contributed by atoms with van der Waals surface area (Å²) >= 11 is 14.4. The predicted molar refractivity (Wildman–Crippen MR) is 136 cm³/mol. The number of carbonyl (C=O) groups excluding carboxylic acids is 2. The number of carboxylic acids is 1. The van der Waals surface area contributed by atoms with Crippen molar-refractivity contribution in [2.75, 3.05) is 12.4 Å². The average molecular weight is 539 g/mol. The van der Waals surface area contributed by atoms with Crippen LogP contribution in [0.25, 0.3) is 17.0 Å². The van der Waals surface area contributed by atoms with E-state index in [-0.39, 0.29) is 11.8 Å². The van der Waals surface area contributed by atoms with Crippen LogP contribution < -0.4 is 5.32 Å². The largest absolute Gasteiger partial charge is 0.478 e. The van der Waals surface area contributed by atoms with Gasteiger partial charge in [0, 0.05) is 36.7 Å². The number of aliphatic carboxylic acids is 1. The molecule has 35 heavy (non-hydrogen) atoms. The van der Waals surface area contributed by atoms with E-state index in [2.05, 4.69) is 10.3 Å². The van der Waals surface area contributed by atoms with Crippen LogP contribution in [0.2, 0.25) is 0 Å². The number of hydrogen-bond acceptors (Lipinski definition) is 5.